The first-order valence-corrected chi connectivity index (χ1v) is 3.85. The van der Waals surface area contributed by atoms with E-state index in [2.05, 4.69) is 0 Å². The minimum atomic E-state index is -2.86. The van der Waals surface area contributed by atoms with Gasteiger partial charge in [-0.15, -0.1) is 0 Å². The maximum atomic E-state index is 12.0. The fourth-order valence-electron chi connectivity index (χ4n) is 0.853. The van der Waals surface area contributed by atoms with Crippen LogP contribution in [0.1, 0.15) is 11.7 Å². The van der Waals surface area contributed by atoms with Gasteiger partial charge in [0, 0.05) is 0 Å². The predicted octanol–water partition coefficient (Wildman–Crippen LogP) is 2.34. The second-order valence-corrected chi connectivity index (χ2v) is 2.90. The fourth-order valence-corrected chi connectivity index (χ4v) is 1.04. The standard InChI is InChI=1S/C8H7ClF2O2/c9-5-3-4(1-2-6(5)12)7(13)8(10)11/h1-3,7-8,12-13H. The highest BCUT2D eigenvalue weighted by Crippen LogP contribution is 2.28. The maximum absolute atomic E-state index is 12.0. The van der Waals surface area contributed by atoms with Crippen molar-refractivity contribution in [2.45, 2.75) is 12.5 Å². The van der Waals surface area contributed by atoms with Crippen molar-refractivity contribution < 1.29 is 19.0 Å². The van der Waals surface area contributed by atoms with Crippen LogP contribution in [0.3, 0.4) is 0 Å². The average Bonchev–Trinajstić information content (AvgIpc) is 2.08. The molecule has 0 saturated heterocycles. The third-order valence-corrected chi connectivity index (χ3v) is 1.85. The van der Waals surface area contributed by atoms with Crippen LogP contribution in [0.15, 0.2) is 18.2 Å². The molecule has 0 aliphatic rings. The predicted molar refractivity (Wildman–Crippen MR) is 44.1 cm³/mol. The summed E-state index contributed by atoms with van der Waals surface area (Å²) in [6, 6.07) is 3.45. The largest absolute Gasteiger partial charge is 0.506 e. The lowest BCUT2D eigenvalue weighted by Gasteiger charge is -2.09. The normalized spacial score (nSPS) is 13.3. The molecule has 72 valence electrons. The van der Waals surface area contributed by atoms with Gasteiger partial charge in [0.25, 0.3) is 6.43 Å². The second kappa shape index (κ2) is 3.89. The zero-order valence-corrected chi connectivity index (χ0v) is 7.17. The van der Waals surface area contributed by atoms with Crippen LogP contribution in [-0.2, 0) is 0 Å². The lowest BCUT2D eigenvalue weighted by Crippen LogP contribution is -2.07. The van der Waals surface area contributed by atoms with Gasteiger partial charge in [-0.25, -0.2) is 8.78 Å². The van der Waals surface area contributed by atoms with E-state index in [1.165, 1.54) is 6.07 Å². The van der Waals surface area contributed by atoms with Crippen LogP contribution < -0.4 is 0 Å². The van der Waals surface area contributed by atoms with Crippen LogP contribution in [0.2, 0.25) is 5.02 Å². The number of halogens is 3. The highest BCUT2D eigenvalue weighted by molar-refractivity contribution is 6.32. The first kappa shape index (κ1) is 10.2. The number of phenolic OH excluding ortho intramolecular Hbond substituents is 1. The van der Waals surface area contributed by atoms with Gasteiger partial charge in [0.15, 0.2) is 0 Å². The van der Waals surface area contributed by atoms with Crippen molar-refractivity contribution in [3.05, 3.63) is 28.8 Å². The number of aliphatic hydroxyl groups is 1. The first-order chi connectivity index (χ1) is 6.02. The molecule has 0 spiro atoms. The van der Waals surface area contributed by atoms with Crippen molar-refractivity contribution >= 4 is 11.6 Å². The van der Waals surface area contributed by atoms with Gasteiger partial charge in [-0.3, -0.25) is 0 Å². The van der Waals surface area contributed by atoms with Crippen LogP contribution in [-0.4, -0.2) is 16.6 Å². The molecule has 0 radical (unpaired) electrons. The topological polar surface area (TPSA) is 40.5 Å². The zero-order chi connectivity index (χ0) is 10.0. The third-order valence-electron chi connectivity index (χ3n) is 1.55. The summed E-state index contributed by atoms with van der Waals surface area (Å²) in [6.07, 6.45) is -4.72. The molecule has 0 aromatic heterocycles. The molecule has 0 aliphatic heterocycles. The SMILES string of the molecule is Oc1ccc(C(O)C(F)F)cc1Cl. The summed E-state index contributed by atoms with van der Waals surface area (Å²) in [5.41, 5.74) is -0.0159. The minimum Gasteiger partial charge on any atom is -0.506 e. The van der Waals surface area contributed by atoms with Crippen molar-refractivity contribution in [2.24, 2.45) is 0 Å². The number of aromatic hydroxyl groups is 1. The molecular weight excluding hydrogens is 202 g/mol. The highest BCUT2D eigenvalue weighted by Gasteiger charge is 2.19. The van der Waals surface area contributed by atoms with E-state index in [0.29, 0.717) is 0 Å². The van der Waals surface area contributed by atoms with Crippen molar-refractivity contribution in [2.75, 3.05) is 0 Å². The van der Waals surface area contributed by atoms with Crippen LogP contribution in [0.25, 0.3) is 0 Å². The molecule has 1 aromatic rings. The Labute approximate surface area is 78.4 Å². The zero-order valence-electron chi connectivity index (χ0n) is 6.42. The molecule has 0 fully saturated rings. The number of hydrogen-bond donors (Lipinski definition) is 2. The van der Waals surface area contributed by atoms with Crippen molar-refractivity contribution in [3.63, 3.8) is 0 Å². The van der Waals surface area contributed by atoms with Gasteiger partial charge < -0.3 is 10.2 Å². The molecule has 0 saturated carbocycles. The Morgan fingerprint density at radius 1 is 1.31 bits per heavy atom. The molecule has 13 heavy (non-hydrogen) atoms. The van der Waals surface area contributed by atoms with Gasteiger partial charge in [0.2, 0.25) is 0 Å². The number of phenols is 1. The molecule has 0 aliphatic carbocycles. The summed E-state index contributed by atoms with van der Waals surface area (Å²) in [6.45, 7) is 0. The van der Waals surface area contributed by atoms with Gasteiger partial charge in [0.1, 0.15) is 11.9 Å². The Kier molecular flexibility index (Phi) is 3.06. The van der Waals surface area contributed by atoms with E-state index in [1.54, 1.807) is 0 Å². The van der Waals surface area contributed by atoms with E-state index in [4.69, 9.17) is 21.8 Å². The van der Waals surface area contributed by atoms with E-state index in [9.17, 15) is 8.78 Å². The lowest BCUT2D eigenvalue weighted by atomic mass is 10.1. The molecule has 0 bridgehead atoms. The van der Waals surface area contributed by atoms with E-state index in [-0.39, 0.29) is 16.3 Å². The molecule has 0 heterocycles. The third kappa shape index (κ3) is 2.29. The Bertz CT molecular complexity index is 304. The molecular formula is C8H7ClF2O2. The Hall–Kier alpha value is -0.870. The van der Waals surface area contributed by atoms with Crippen LogP contribution >= 0.6 is 11.6 Å². The summed E-state index contributed by atoms with van der Waals surface area (Å²) < 4.78 is 24.0. The smallest absolute Gasteiger partial charge is 0.268 e. The summed E-state index contributed by atoms with van der Waals surface area (Å²) in [5.74, 6) is -0.202. The molecule has 1 unspecified atom stereocenters. The molecule has 2 N–H and O–H groups in total. The summed E-state index contributed by atoms with van der Waals surface area (Å²) in [7, 11) is 0. The Balaban J connectivity index is 2.97. The Morgan fingerprint density at radius 2 is 1.92 bits per heavy atom. The monoisotopic (exact) mass is 208 g/mol. The second-order valence-electron chi connectivity index (χ2n) is 2.49. The summed E-state index contributed by atoms with van der Waals surface area (Å²) in [4.78, 5) is 0. The van der Waals surface area contributed by atoms with Crippen molar-refractivity contribution in [1.82, 2.24) is 0 Å². The molecule has 1 rings (SSSR count). The van der Waals surface area contributed by atoms with Gasteiger partial charge in [0.05, 0.1) is 5.02 Å². The molecule has 0 amide bonds. The van der Waals surface area contributed by atoms with E-state index >= 15 is 0 Å². The van der Waals surface area contributed by atoms with E-state index in [0.717, 1.165) is 12.1 Å². The fraction of sp³-hybridized carbons (Fsp3) is 0.250. The van der Waals surface area contributed by atoms with Gasteiger partial charge in [-0.05, 0) is 17.7 Å². The van der Waals surface area contributed by atoms with Crippen LogP contribution in [0.5, 0.6) is 5.75 Å². The van der Waals surface area contributed by atoms with Crippen molar-refractivity contribution in [3.8, 4) is 5.75 Å². The molecule has 5 heteroatoms. The highest BCUT2D eigenvalue weighted by atomic mass is 35.5. The van der Waals surface area contributed by atoms with Crippen molar-refractivity contribution in [1.29, 1.82) is 0 Å². The van der Waals surface area contributed by atoms with Gasteiger partial charge in [-0.2, -0.15) is 0 Å². The average molecular weight is 209 g/mol. The van der Waals surface area contributed by atoms with Crippen LogP contribution in [0.4, 0.5) is 8.78 Å². The summed E-state index contributed by atoms with van der Waals surface area (Å²) >= 11 is 5.46. The number of benzene rings is 1. The van der Waals surface area contributed by atoms with E-state index in [1.807, 2.05) is 0 Å². The number of hydrogen-bond acceptors (Lipinski definition) is 2. The van der Waals surface area contributed by atoms with Gasteiger partial charge >= 0.3 is 0 Å². The number of rotatable bonds is 2. The summed E-state index contributed by atoms with van der Waals surface area (Å²) in [5, 5.41) is 17.8. The number of alkyl halides is 2. The molecule has 1 aromatic carbocycles. The minimum absolute atomic E-state index is 0.0159. The Morgan fingerprint density at radius 3 is 2.38 bits per heavy atom. The lowest BCUT2D eigenvalue weighted by molar-refractivity contribution is -0.00579. The quantitative estimate of drug-likeness (QED) is 0.783. The number of aliphatic hydroxyl groups excluding tert-OH is 1. The first-order valence-electron chi connectivity index (χ1n) is 3.47. The van der Waals surface area contributed by atoms with E-state index < -0.39 is 12.5 Å². The van der Waals surface area contributed by atoms with Crippen LogP contribution in [0, 0.1) is 0 Å². The maximum Gasteiger partial charge on any atom is 0.268 e. The molecule has 1 atom stereocenters. The molecule has 2 nitrogen and oxygen atoms in total. The van der Waals surface area contributed by atoms with Gasteiger partial charge in [-0.1, -0.05) is 17.7 Å².